The van der Waals surface area contributed by atoms with E-state index in [9.17, 15) is 4.79 Å². The molecule has 1 amide bonds. The van der Waals surface area contributed by atoms with E-state index in [1.54, 1.807) is 0 Å². The summed E-state index contributed by atoms with van der Waals surface area (Å²) in [6, 6.07) is 0.279. The van der Waals surface area contributed by atoms with Gasteiger partial charge in [-0.2, -0.15) is 0 Å². The van der Waals surface area contributed by atoms with Crippen LogP contribution in [0.3, 0.4) is 0 Å². The Kier molecular flexibility index (Phi) is 5.96. The molecule has 100 valence electrons. The monoisotopic (exact) mass is 240 g/mol. The molecule has 2 atom stereocenters. The molecule has 0 saturated carbocycles. The van der Waals surface area contributed by atoms with Crippen LogP contribution >= 0.6 is 0 Å². The number of nitrogens with zero attached hydrogens (tertiary/aromatic N) is 1. The van der Waals surface area contributed by atoms with Crippen molar-refractivity contribution in [2.45, 2.75) is 58.9 Å². The fraction of sp³-hybridized carbons (Fsp3) is 0.929. The van der Waals surface area contributed by atoms with E-state index in [-0.39, 0.29) is 12.0 Å². The van der Waals surface area contributed by atoms with Crippen molar-refractivity contribution in [3.05, 3.63) is 0 Å². The minimum atomic E-state index is 0.197. The first-order chi connectivity index (χ1) is 8.17. The van der Waals surface area contributed by atoms with E-state index < -0.39 is 0 Å². The van der Waals surface area contributed by atoms with Crippen LogP contribution in [0.4, 0.5) is 0 Å². The van der Waals surface area contributed by atoms with Gasteiger partial charge in [0, 0.05) is 25.0 Å². The van der Waals surface area contributed by atoms with E-state index in [0.29, 0.717) is 12.5 Å². The third kappa shape index (κ3) is 3.44. The molecule has 1 rings (SSSR count). The molecule has 0 aliphatic carbocycles. The number of piperidine rings is 1. The number of hydrogen-bond acceptors (Lipinski definition) is 2. The number of carbonyl (C=O) groups excluding carboxylic acids is 1. The fourth-order valence-electron chi connectivity index (χ4n) is 2.89. The SMILES string of the molecule is CCC1CCN(C(=O)C(CC)CC)C(CN)C1. The van der Waals surface area contributed by atoms with Crippen molar-refractivity contribution in [3.8, 4) is 0 Å². The van der Waals surface area contributed by atoms with Gasteiger partial charge in [0.2, 0.25) is 5.91 Å². The molecule has 1 heterocycles. The average Bonchev–Trinajstić information content (AvgIpc) is 2.39. The number of nitrogens with two attached hydrogens (primary N) is 1. The molecule has 2 unspecified atom stereocenters. The summed E-state index contributed by atoms with van der Waals surface area (Å²) in [5, 5.41) is 0. The van der Waals surface area contributed by atoms with Crippen molar-refractivity contribution in [1.29, 1.82) is 0 Å². The number of likely N-dealkylation sites (tertiary alicyclic amines) is 1. The van der Waals surface area contributed by atoms with E-state index in [2.05, 4.69) is 25.7 Å². The maximum atomic E-state index is 12.4. The van der Waals surface area contributed by atoms with Gasteiger partial charge >= 0.3 is 0 Å². The summed E-state index contributed by atoms with van der Waals surface area (Å²) in [4.78, 5) is 14.5. The summed E-state index contributed by atoms with van der Waals surface area (Å²) in [5.74, 6) is 1.29. The molecule has 2 N–H and O–H groups in total. The first kappa shape index (κ1) is 14.5. The molecule has 3 nitrogen and oxygen atoms in total. The van der Waals surface area contributed by atoms with Crippen molar-refractivity contribution in [1.82, 2.24) is 4.90 Å². The summed E-state index contributed by atoms with van der Waals surface area (Å²) >= 11 is 0. The van der Waals surface area contributed by atoms with Crippen LogP contribution < -0.4 is 5.73 Å². The van der Waals surface area contributed by atoms with Crippen LogP contribution in [0.1, 0.15) is 52.9 Å². The summed E-state index contributed by atoms with van der Waals surface area (Å²) in [6.45, 7) is 7.96. The maximum absolute atomic E-state index is 12.4. The summed E-state index contributed by atoms with van der Waals surface area (Å²) in [7, 11) is 0. The van der Waals surface area contributed by atoms with Gasteiger partial charge in [-0.3, -0.25) is 4.79 Å². The van der Waals surface area contributed by atoms with E-state index in [0.717, 1.165) is 38.1 Å². The molecule has 1 aliphatic heterocycles. The third-order valence-corrected chi connectivity index (χ3v) is 4.29. The Bertz CT molecular complexity index is 238. The Morgan fingerprint density at radius 2 is 2.00 bits per heavy atom. The molecular weight excluding hydrogens is 212 g/mol. The first-order valence-corrected chi connectivity index (χ1v) is 7.18. The number of hydrogen-bond donors (Lipinski definition) is 1. The topological polar surface area (TPSA) is 46.3 Å². The lowest BCUT2D eigenvalue weighted by molar-refractivity contribution is -0.140. The molecule has 0 aromatic carbocycles. The highest BCUT2D eigenvalue weighted by molar-refractivity contribution is 5.79. The lowest BCUT2D eigenvalue weighted by Gasteiger charge is -2.40. The van der Waals surface area contributed by atoms with Crippen LogP contribution in [-0.2, 0) is 4.79 Å². The van der Waals surface area contributed by atoms with Crippen molar-refractivity contribution < 1.29 is 4.79 Å². The molecule has 0 bridgehead atoms. The van der Waals surface area contributed by atoms with Gasteiger partial charge in [-0.15, -0.1) is 0 Å². The van der Waals surface area contributed by atoms with E-state index in [4.69, 9.17) is 5.73 Å². The second kappa shape index (κ2) is 7.00. The van der Waals surface area contributed by atoms with Gasteiger partial charge < -0.3 is 10.6 Å². The van der Waals surface area contributed by atoms with Crippen LogP contribution in [0.2, 0.25) is 0 Å². The van der Waals surface area contributed by atoms with E-state index in [1.807, 2.05) is 0 Å². The van der Waals surface area contributed by atoms with E-state index in [1.165, 1.54) is 6.42 Å². The maximum Gasteiger partial charge on any atom is 0.225 e. The van der Waals surface area contributed by atoms with Crippen molar-refractivity contribution in [2.24, 2.45) is 17.6 Å². The highest BCUT2D eigenvalue weighted by Gasteiger charge is 2.32. The molecule has 0 aromatic rings. The largest absolute Gasteiger partial charge is 0.338 e. The smallest absolute Gasteiger partial charge is 0.225 e. The van der Waals surface area contributed by atoms with Gasteiger partial charge in [0.05, 0.1) is 0 Å². The first-order valence-electron chi connectivity index (χ1n) is 7.18. The molecule has 17 heavy (non-hydrogen) atoms. The average molecular weight is 240 g/mol. The number of amides is 1. The van der Waals surface area contributed by atoms with Crippen molar-refractivity contribution in [3.63, 3.8) is 0 Å². The highest BCUT2D eigenvalue weighted by atomic mass is 16.2. The zero-order valence-electron chi connectivity index (χ0n) is 11.6. The van der Waals surface area contributed by atoms with Crippen molar-refractivity contribution in [2.75, 3.05) is 13.1 Å². The predicted molar refractivity (Wildman–Crippen MR) is 71.6 cm³/mol. The zero-order valence-corrected chi connectivity index (χ0v) is 11.6. The van der Waals surface area contributed by atoms with Gasteiger partial charge in [0.15, 0.2) is 0 Å². The van der Waals surface area contributed by atoms with Crippen LogP contribution in [0.15, 0.2) is 0 Å². The van der Waals surface area contributed by atoms with Crippen LogP contribution in [0.25, 0.3) is 0 Å². The summed E-state index contributed by atoms with van der Waals surface area (Å²) < 4.78 is 0. The van der Waals surface area contributed by atoms with Crippen molar-refractivity contribution >= 4 is 5.91 Å². The normalized spacial score (nSPS) is 25.4. The molecule has 0 aromatic heterocycles. The Balaban J connectivity index is 2.66. The van der Waals surface area contributed by atoms with Gasteiger partial charge in [-0.25, -0.2) is 0 Å². The molecule has 0 spiro atoms. The fourth-order valence-corrected chi connectivity index (χ4v) is 2.89. The van der Waals surface area contributed by atoms with Crippen LogP contribution in [0, 0.1) is 11.8 Å². The summed E-state index contributed by atoms with van der Waals surface area (Å²) in [5.41, 5.74) is 5.84. The minimum Gasteiger partial charge on any atom is -0.338 e. The van der Waals surface area contributed by atoms with Crippen LogP contribution in [0.5, 0.6) is 0 Å². The quantitative estimate of drug-likeness (QED) is 0.802. The predicted octanol–water partition coefficient (Wildman–Crippen LogP) is 2.40. The molecule has 1 fully saturated rings. The van der Waals surface area contributed by atoms with Crippen LogP contribution in [-0.4, -0.2) is 29.9 Å². The second-order valence-corrected chi connectivity index (χ2v) is 5.23. The molecule has 1 saturated heterocycles. The lowest BCUT2D eigenvalue weighted by Crippen LogP contribution is -2.51. The van der Waals surface area contributed by atoms with Gasteiger partial charge in [0.25, 0.3) is 0 Å². The zero-order chi connectivity index (χ0) is 12.8. The molecule has 3 heteroatoms. The number of carbonyl (C=O) groups is 1. The third-order valence-electron chi connectivity index (χ3n) is 4.29. The van der Waals surface area contributed by atoms with Gasteiger partial charge in [-0.1, -0.05) is 27.2 Å². The van der Waals surface area contributed by atoms with E-state index >= 15 is 0 Å². The Morgan fingerprint density at radius 3 is 2.47 bits per heavy atom. The van der Waals surface area contributed by atoms with Gasteiger partial charge in [-0.05, 0) is 31.6 Å². The highest BCUT2D eigenvalue weighted by Crippen LogP contribution is 2.27. The Hall–Kier alpha value is -0.570. The lowest BCUT2D eigenvalue weighted by atomic mass is 9.87. The van der Waals surface area contributed by atoms with Gasteiger partial charge in [0.1, 0.15) is 0 Å². The Morgan fingerprint density at radius 1 is 1.35 bits per heavy atom. The Labute approximate surface area is 106 Å². The molecule has 0 radical (unpaired) electrons. The molecular formula is C14H28N2O. The standard InChI is InChI=1S/C14H28N2O/c1-4-11-7-8-16(13(9-11)10-15)14(17)12(5-2)6-3/h11-13H,4-10,15H2,1-3H3. The molecule has 1 aliphatic rings. The number of rotatable bonds is 5. The summed E-state index contributed by atoms with van der Waals surface area (Å²) in [6.07, 6.45) is 5.35. The minimum absolute atomic E-state index is 0.197. The second-order valence-electron chi connectivity index (χ2n) is 5.23.